The van der Waals surface area contributed by atoms with E-state index < -0.39 is 86.6 Å². The fourth-order valence-electron chi connectivity index (χ4n) is 6.39. The molecule has 1 saturated heterocycles. The van der Waals surface area contributed by atoms with Crippen molar-refractivity contribution in [2.24, 2.45) is 0 Å². The smallest absolute Gasteiger partial charge is 0.306 e. The largest absolute Gasteiger partial charge is 0.463 e. The second-order valence-corrected chi connectivity index (χ2v) is 15.0. The first-order valence-corrected chi connectivity index (χ1v) is 21.5. The van der Waals surface area contributed by atoms with Crippen LogP contribution in [0.5, 0.6) is 0 Å². The van der Waals surface area contributed by atoms with E-state index >= 15 is 0 Å². The molecular weight excluding hydrogens is 712 g/mol. The summed E-state index contributed by atoms with van der Waals surface area (Å²) < 4.78 is 33.4. The predicted octanol–water partition coefficient (Wildman–Crippen LogP) is 7.16. The highest BCUT2D eigenvalue weighted by Gasteiger charge is 2.51. The molecule has 0 aliphatic carbocycles. The Morgan fingerprint density at radius 2 is 0.945 bits per heavy atom. The Labute approximate surface area is 330 Å². The lowest BCUT2D eigenvalue weighted by Crippen LogP contribution is -2.62. The zero-order valence-corrected chi connectivity index (χ0v) is 34.6. The quantitative estimate of drug-likeness (QED) is 0.0339. The van der Waals surface area contributed by atoms with Crippen LogP contribution in [0.3, 0.4) is 0 Å². The van der Waals surface area contributed by atoms with Crippen molar-refractivity contribution >= 4 is 23.9 Å². The minimum absolute atomic E-state index is 0.0733. The first kappa shape index (κ1) is 50.7. The van der Waals surface area contributed by atoms with Crippen molar-refractivity contribution in [1.82, 2.24) is 0 Å². The summed E-state index contributed by atoms with van der Waals surface area (Å²) in [6.45, 7) is 6.15. The maximum absolute atomic E-state index is 13.0. The summed E-state index contributed by atoms with van der Waals surface area (Å²) in [6.07, 6.45) is 11.7. The standard InChI is InChI=1S/C42H76O13/c1-5-8-11-14-15-16-17-18-19-22-23-26-36(46)51-29-33(44)34(45)30-52-42-41(55-38(48)28-25-21-13-10-7-3)40(39(49)35(53-42)31-50-32(4)43)54-37(47)27-24-20-12-9-6-2/h33-35,39-42,44-45,49H,5-31H2,1-4H3/t33-,34+,35+,39+,40-,41-,42+/m0/s1. The number of unbranched alkanes of at least 4 members (excludes halogenated alkanes) is 18. The minimum atomic E-state index is -1.55. The van der Waals surface area contributed by atoms with Crippen LogP contribution in [0.4, 0.5) is 0 Å². The zero-order chi connectivity index (χ0) is 40.7. The van der Waals surface area contributed by atoms with Crippen molar-refractivity contribution in [3.8, 4) is 0 Å². The normalized spacial score (nSPS) is 20.7. The van der Waals surface area contributed by atoms with Crippen molar-refractivity contribution in [2.45, 2.75) is 225 Å². The van der Waals surface area contributed by atoms with Gasteiger partial charge < -0.3 is 43.7 Å². The van der Waals surface area contributed by atoms with Crippen LogP contribution in [0, 0.1) is 0 Å². The number of rotatable bonds is 34. The van der Waals surface area contributed by atoms with Gasteiger partial charge in [-0.15, -0.1) is 0 Å². The van der Waals surface area contributed by atoms with Gasteiger partial charge in [0.2, 0.25) is 0 Å². The number of hydrogen-bond acceptors (Lipinski definition) is 13. The molecule has 0 aromatic carbocycles. The van der Waals surface area contributed by atoms with Crippen LogP contribution in [0.2, 0.25) is 0 Å². The highest BCUT2D eigenvalue weighted by Crippen LogP contribution is 2.29. The Hall–Kier alpha value is -2.32. The fourth-order valence-corrected chi connectivity index (χ4v) is 6.39. The molecule has 13 nitrogen and oxygen atoms in total. The van der Waals surface area contributed by atoms with Crippen molar-refractivity contribution < 1.29 is 62.9 Å². The number of carbonyl (C=O) groups is 4. The molecule has 1 fully saturated rings. The Morgan fingerprint density at radius 3 is 1.40 bits per heavy atom. The molecule has 55 heavy (non-hydrogen) atoms. The Bertz CT molecular complexity index is 1010. The topological polar surface area (TPSA) is 184 Å². The summed E-state index contributed by atoms with van der Waals surface area (Å²) in [7, 11) is 0. The monoisotopic (exact) mass is 789 g/mol. The summed E-state index contributed by atoms with van der Waals surface area (Å²) in [5, 5.41) is 32.6. The van der Waals surface area contributed by atoms with Crippen LogP contribution < -0.4 is 0 Å². The van der Waals surface area contributed by atoms with Gasteiger partial charge in [-0.25, -0.2) is 0 Å². The van der Waals surface area contributed by atoms with E-state index in [1.165, 1.54) is 51.9 Å². The Balaban J connectivity index is 2.81. The van der Waals surface area contributed by atoms with Crippen molar-refractivity contribution in [3.63, 3.8) is 0 Å². The average Bonchev–Trinajstić information content (AvgIpc) is 3.16. The molecule has 322 valence electrons. The number of esters is 4. The van der Waals surface area contributed by atoms with Gasteiger partial charge in [0, 0.05) is 26.2 Å². The van der Waals surface area contributed by atoms with Crippen LogP contribution in [-0.2, 0) is 47.6 Å². The predicted molar refractivity (Wildman–Crippen MR) is 208 cm³/mol. The highest BCUT2D eigenvalue weighted by molar-refractivity contribution is 5.71. The van der Waals surface area contributed by atoms with E-state index in [1.54, 1.807) is 0 Å². The van der Waals surface area contributed by atoms with Gasteiger partial charge >= 0.3 is 23.9 Å². The SMILES string of the molecule is CCCCCCCCCCCCCC(=O)OC[C@H](O)[C@H](O)CO[C@@H]1O[C@H](COC(C)=O)[C@@H](O)[C@H](OC(=O)CCCCCCC)[C@@H]1OC(=O)CCCCCCC. The van der Waals surface area contributed by atoms with Gasteiger partial charge in [-0.2, -0.15) is 0 Å². The fraction of sp³-hybridized carbons (Fsp3) is 0.905. The van der Waals surface area contributed by atoms with Crippen LogP contribution >= 0.6 is 0 Å². The van der Waals surface area contributed by atoms with E-state index in [0.717, 1.165) is 70.6 Å². The molecular formula is C42H76O13. The van der Waals surface area contributed by atoms with E-state index in [4.69, 9.17) is 28.4 Å². The summed E-state index contributed by atoms with van der Waals surface area (Å²) in [5.41, 5.74) is 0. The molecule has 3 N–H and O–H groups in total. The second-order valence-electron chi connectivity index (χ2n) is 15.0. The third-order valence-electron chi connectivity index (χ3n) is 9.85. The third kappa shape index (κ3) is 24.8. The van der Waals surface area contributed by atoms with Gasteiger partial charge in [0.15, 0.2) is 18.5 Å². The zero-order valence-electron chi connectivity index (χ0n) is 34.6. The first-order chi connectivity index (χ1) is 26.5. The van der Waals surface area contributed by atoms with Crippen molar-refractivity contribution in [2.75, 3.05) is 19.8 Å². The number of aliphatic hydroxyl groups excluding tert-OH is 3. The molecule has 0 saturated carbocycles. The first-order valence-electron chi connectivity index (χ1n) is 21.5. The minimum Gasteiger partial charge on any atom is -0.463 e. The highest BCUT2D eigenvalue weighted by atomic mass is 16.7. The number of aliphatic hydroxyl groups is 3. The molecule has 1 heterocycles. The van der Waals surface area contributed by atoms with Gasteiger partial charge in [0.1, 0.15) is 37.6 Å². The van der Waals surface area contributed by atoms with Gasteiger partial charge in [-0.3, -0.25) is 19.2 Å². The third-order valence-corrected chi connectivity index (χ3v) is 9.85. The van der Waals surface area contributed by atoms with Crippen molar-refractivity contribution in [1.29, 1.82) is 0 Å². The second kappa shape index (κ2) is 32.7. The van der Waals surface area contributed by atoms with Gasteiger partial charge in [-0.1, -0.05) is 136 Å². The summed E-state index contributed by atoms with van der Waals surface area (Å²) in [6, 6.07) is 0. The lowest BCUT2D eigenvalue weighted by Gasteiger charge is -2.43. The Kier molecular flexibility index (Phi) is 30.2. The van der Waals surface area contributed by atoms with E-state index in [2.05, 4.69) is 20.8 Å². The van der Waals surface area contributed by atoms with Crippen LogP contribution in [0.25, 0.3) is 0 Å². The molecule has 0 aromatic heterocycles. The molecule has 0 amide bonds. The average molecular weight is 789 g/mol. The molecule has 0 bridgehead atoms. The lowest BCUT2D eigenvalue weighted by molar-refractivity contribution is -0.311. The van der Waals surface area contributed by atoms with Crippen LogP contribution in [0.1, 0.15) is 182 Å². The molecule has 1 aliphatic heterocycles. The maximum atomic E-state index is 13.0. The van der Waals surface area contributed by atoms with E-state index in [1.807, 2.05) is 0 Å². The number of carbonyl (C=O) groups excluding carboxylic acids is 4. The summed E-state index contributed by atoms with van der Waals surface area (Å²) in [5.74, 6) is -2.34. The summed E-state index contributed by atoms with van der Waals surface area (Å²) in [4.78, 5) is 49.9. The molecule has 0 radical (unpaired) electrons. The molecule has 7 atom stereocenters. The van der Waals surface area contributed by atoms with Crippen LogP contribution in [-0.4, -0.2) is 102 Å². The van der Waals surface area contributed by atoms with Crippen molar-refractivity contribution in [3.05, 3.63) is 0 Å². The molecule has 13 heteroatoms. The molecule has 0 spiro atoms. The summed E-state index contributed by atoms with van der Waals surface area (Å²) >= 11 is 0. The maximum Gasteiger partial charge on any atom is 0.306 e. The lowest BCUT2D eigenvalue weighted by atomic mass is 9.98. The molecule has 0 aromatic rings. The van der Waals surface area contributed by atoms with Crippen LogP contribution in [0.15, 0.2) is 0 Å². The molecule has 1 rings (SSSR count). The van der Waals surface area contributed by atoms with E-state index in [-0.39, 0.29) is 19.3 Å². The number of ether oxygens (including phenoxy) is 6. The van der Waals surface area contributed by atoms with Gasteiger partial charge in [-0.05, 0) is 19.3 Å². The van der Waals surface area contributed by atoms with Gasteiger partial charge in [0.05, 0.1) is 6.61 Å². The van der Waals surface area contributed by atoms with Gasteiger partial charge in [0.25, 0.3) is 0 Å². The Morgan fingerprint density at radius 1 is 0.545 bits per heavy atom. The van der Waals surface area contributed by atoms with E-state index in [9.17, 15) is 34.5 Å². The number of hydrogen-bond donors (Lipinski definition) is 3. The molecule has 1 aliphatic rings. The molecule has 0 unspecified atom stereocenters. The van der Waals surface area contributed by atoms with E-state index in [0.29, 0.717) is 19.3 Å².